The molecule has 1 aromatic carbocycles. The first kappa shape index (κ1) is 19.7. The number of halogens is 1. The number of urea groups is 1. The minimum atomic E-state index is -0.672. The monoisotopic (exact) mass is 356 g/mol. The van der Waals surface area contributed by atoms with Crippen molar-refractivity contribution >= 4 is 35.1 Å². The summed E-state index contributed by atoms with van der Waals surface area (Å²) in [5.74, 6) is -0.386. The second-order valence-corrected chi connectivity index (χ2v) is 5.49. The lowest BCUT2D eigenvalue weighted by Gasteiger charge is -2.23. The van der Waals surface area contributed by atoms with E-state index in [4.69, 9.17) is 16.3 Å². The molecule has 1 aromatic rings. The lowest BCUT2D eigenvalue weighted by molar-refractivity contribution is -0.125. The fourth-order valence-electron chi connectivity index (χ4n) is 1.81. The summed E-state index contributed by atoms with van der Waals surface area (Å²) in [4.78, 5) is 36.7. The van der Waals surface area contributed by atoms with E-state index in [0.29, 0.717) is 16.5 Å². The van der Waals surface area contributed by atoms with Crippen LogP contribution in [-0.2, 0) is 9.59 Å². The number of nitrogens with one attached hydrogen (secondary N) is 3. The van der Waals surface area contributed by atoms with Gasteiger partial charge in [-0.05, 0) is 32.2 Å². The third-order valence-electron chi connectivity index (χ3n) is 3.33. The molecule has 24 heavy (non-hydrogen) atoms. The first-order valence-electron chi connectivity index (χ1n) is 7.14. The maximum absolute atomic E-state index is 12.1. The number of anilines is 1. The second-order valence-electron chi connectivity index (χ2n) is 5.05. The molecule has 0 spiro atoms. The van der Waals surface area contributed by atoms with E-state index in [1.807, 2.05) is 0 Å². The zero-order valence-electron chi connectivity index (χ0n) is 14.0. The Kier molecular flexibility index (Phi) is 7.47. The van der Waals surface area contributed by atoms with E-state index in [1.165, 1.54) is 19.1 Å². The predicted molar refractivity (Wildman–Crippen MR) is 91.3 cm³/mol. The van der Waals surface area contributed by atoms with E-state index >= 15 is 0 Å². The van der Waals surface area contributed by atoms with E-state index in [0.717, 1.165) is 0 Å². The maximum Gasteiger partial charge on any atom is 0.321 e. The SMILES string of the molecule is CNC(=O)NC(=O)[C@H](C)N(C)CC(=O)Nc1cc(Cl)ccc1OC. The summed E-state index contributed by atoms with van der Waals surface area (Å²) in [6.45, 7) is 1.53. The van der Waals surface area contributed by atoms with Gasteiger partial charge in [-0.25, -0.2) is 4.79 Å². The number of nitrogens with zero attached hydrogens (tertiary/aromatic N) is 1. The molecule has 132 valence electrons. The van der Waals surface area contributed by atoms with E-state index in [1.54, 1.807) is 32.2 Å². The molecular formula is C15H21ClN4O4. The fraction of sp³-hybridized carbons (Fsp3) is 0.400. The van der Waals surface area contributed by atoms with Gasteiger partial charge in [-0.2, -0.15) is 0 Å². The summed E-state index contributed by atoms with van der Waals surface area (Å²) < 4.78 is 5.15. The van der Waals surface area contributed by atoms with Gasteiger partial charge < -0.3 is 15.4 Å². The minimum Gasteiger partial charge on any atom is -0.495 e. The summed E-state index contributed by atoms with van der Waals surface area (Å²) in [7, 11) is 4.49. The molecule has 1 rings (SSSR count). The summed E-state index contributed by atoms with van der Waals surface area (Å²) in [6, 6.07) is 3.58. The molecule has 8 nitrogen and oxygen atoms in total. The molecule has 0 aliphatic carbocycles. The van der Waals surface area contributed by atoms with Gasteiger partial charge in [0.15, 0.2) is 0 Å². The van der Waals surface area contributed by atoms with Crippen LogP contribution in [0.5, 0.6) is 5.75 Å². The number of hydrogen-bond donors (Lipinski definition) is 3. The number of imide groups is 1. The molecule has 0 saturated heterocycles. The Balaban J connectivity index is 2.65. The van der Waals surface area contributed by atoms with Crippen molar-refractivity contribution in [3.8, 4) is 5.75 Å². The molecule has 0 unspecified atom stereocenters. The summed E-state index contributed by atoms with van der Waals surface area (Å²) in [5.41, 5.74) is 0.436. The zero-order chi connectivity index (χ0) is 18.3. The Labute approximate surface area is 145 Å². The van der Waals surface area contributed by atoms with Crippen molar-refractivity contribution in [2.24, 2.45) is 0 Å². The number of ether oxygens (including phenoxy) is 1. The van der Waals surface area contributed by atoms with E-state index < -0.39 is 18.0 Å². The van der Waals surface area contributed by atoms with Gasteiger partial charge in [-0.1, -0.05) is 11.6 Å². The molecule has 3 N–H and O–H groups in total. The van der Waals surface area contributed by atoms with Crippen LogP contribution in [-0.4, -0.2) is 56.5 Å². The second kappa shape index (κ2) is 9.09. The first-order valence-corrected chi connectivity index (χ1v) is 7.52. The highest BCUT2D eigenvalue weighted by atomic mass is 35.5. The van der Waals surface area contributed by atoms with Crippen LogP contribution in [0, 0.1) is 0 Å². The van der Waals surface area contributed by atoms with Crippen LogP contribution in [0.4, 0.5) is 10.5 Å². The Bertz CT molecular complexity index is 623. The molecule has 0 aromatic heterocycles. The third-order valence-corrected chi connectivity index (χ3v) is 3.57. The molecule has 0 saturated carbocycles. The average Bonchev–Trinajstić information content (AvgIpc) is 2.53. The van der Waals surface area contributed by atoms with Crippen LogP contribution in [0.2, 0.25) is 5.02 Å². The van der Waals surface area contributed by atoms with Crippen molar-refractivity contribution < 1.29 is 19.1 Å². The molecule has 0 aliphatic heterocycles. The first-order chi connectivity index (χ1) is 11.3. The lowest BCUT2D eigenvalue weighted by atomic mass is 10.2. The fourth-order valence-corrected chi connectivity index (χ4v) is 1.98. The molecule has 0 radical (unpaired) electrons. The smallest absolute Gasteiger partial charge is 0.321 e. The standard InChI is InChI=1S/C15H21ClN4O4/c1-9(14(22)19-15(23)17-2)20(3)8-13(21)18-11-7-10(16)5-6-12(11)24-4/h5-7,9H,8H2,1-4H3,(H,18,21)(H2,17,19,22,23)/t9-/m0/s1. The number of amides is 4. The van der Waals surface area contributed by atoms with Gasteiger partial charge >= 0.3 is 6.03 Å². The largest absolute Gasteiger partial charge is 0.495 e. The topological polar surface area (TPSA) is 99.8 Å². The average molecular weight is 357 g/mol. The summed E-state index contributed by atoms with van der Waals surface area (Å²) in [6.07, 6.45) is 0. The van der Waals surface area contributed by atoms with Crippen LogP contribution in [0.3, 0.4) is 0 Å². The van der Waals surface area contributed by atoms with Crippen LogP contribution in [0.15, 0.2) is 18.2 Å². The Hall–Kier alpha value is -2.32. The quantitative estimate of drug-likeness (QED) is 0.707. The van der Waals surface area contributed by atoms with Crippen LogP contribution in [0.1, 0.15) is 6.92 Å². The Morgan fingerprint density at radius 1 is 1.33 bits per heavy atom. The summed E-state index contributed by atoms with van der Waals surface area (Å²) in [5, 5.41) is 7.58. The number of benzene rings is 1. The van der Waals surface area contributed by atoms with Crippen LogP contribution in [0.25, 0.3) is 0 Å². The van der Waals surface area contributed by atoms with E-state index in [-0.39, 0.29) is 12.5 Å². The number of likely N-dealkylation sites (N-methyl/N-ethyl adjacent to an activating group) is 1. The molecule has 0 aliphatic rings. The van der Waals surface area contributed by atoms with Gasteiger partial charge in [-0.3, -0.25) is 19.8 Å². The highest BCUT2D eigenvalue weighted by molar-refractivity contribution is 6.31. The zero-order valence-corrected chi connectivity index (χ0v) is 14.7. The molecule has 9 heteroatoms. The van der Waals surface area contributed by atoms with Crippen molar-refractivity contribution in [3.05, 3.63) is 23.2 Å². The van der Waals surface area contributed by atoms with Crippen LogP contribution >= 0.6 is 11.6 Å². The maximum atomic E-state index is 12.1. The number of methoxy groups -OCH3 is 1. The summed E-state index contributed by atoms with van der Waals surface area (Å²) >= 11 is 5.91. The van der Waals surface area contributed by atoms with Crippen molar-refractivity contribution in [1.82, 2.24) is 15.5 Å². The van der Waals surface area contributed by atoms with E-state index in [9.17, 15) is 14.4 Å². The highest BCUT2D eigenvalue weighted by Gasteiger charge is 2.22. The van der Waals surface area contributed by atoms with Gasteiger partial charge in [0.05, 0.1) is 25.4 Å². The lowest BCUT2D eigenvalue weighted by Crippen LogP contribution is -2.49. The third kappa shape index (κ3) is 5.71. The Morgan fingerprint density at radius 3 is 2.58 bits per heavy atom. The van der Waals surface area contributed by atoms with Crippen molar-refractivity contribution in [3.63, 3.8) is 0 Å². The molecule has 0 fully saturated rings. The highest BCUT2D eigenvalue weighted by Crippen LogP contribution is 2.27. The Morgan fingerprint density at radius 2 is 2.00 bits per heavy atom. The molecule has 0 bridgehead atoms. The number of carbonyl (C=O) groups is 3. The molecule has 4 amide bonds. The van der Waals surface area contributed by atoms with E-state index in [2.05, 4.69) is 16.0 Å². The number of rotatable bonds is 6. The van der Waals surface area contributed by atoms with Crippen LogP contribution < -0.4 is 20.7 Å². The van der Waals surface area contributed by atoms with Crippen molar-refractivity contribution in [2.45, 2.75) is 13.0 Å². The predicted octanol–water partition coefficient (Wildman–Crippen LogP) is 1.06. The molecule has 0 heterocycles. The number of hydrogen-bond acceptors (Lipinski definition) is 5. The number of carbonyl (C=O) groups excluding carboxylic acids is 3. The van der Waals surface area contributed by atoms with Crippen molar-refractivity contribution in [1.29, 1.82) is 0 Å². The van der Waals surface area contributed by atoms with Gasteiger partial charge in [0.2, 0.25) is 11.8 Å². The van der Waals surface area contributed by atoms with Gasteiger partial charge in [0, 0.05) is 12.1 Å². The van der Waals surface area contributed by atoms with Gasteiger partial charge in [0.1, 0.15) is 5.75 Å². The molecular weight excluding hydrogens is 336 g/mol. The minimum absolute atomic E-state index is 0.0575. The normalized spacial score (nSPS) is 11.6. The van der Waals surface area contributed by atoms with Gasteiger partial charge in [0.25, 0.3) is 0 Å². The molecule has 1 atom stereocenters. The van der Waals surface area contributed by atoms with Crippen molar-refractivity contribution in [2.75, 3.05) is 33.1 Å². The van der Waals surface area contributed by atoms with Gasteiger partial charge in [-0.15, -0.1) is 0 Å².